The number of Topliss-reactive ketones (excluding diaryl/α,β-unsaturated/α-hetero) is 1. The van der Waals surface area contributed by atoms with Gasteiger partial charge in [-0.25, -0.2) is 9.37 Å². The SMILES string of the molecule is CN1CCN(CCC(=O)CNc2ccc(F)cn2)CC1. The summed E-state index contributed by atoms with van der Waals surface area (Å²) in [5, 5.41) is 2.91. The molecular weight excluding hydrogens is 259 g/mol. The van der Waals surface area contributed by atoms with Gasteiger partial charge in [0.2, 0.25) is 0 Å². The van der Waals surface area contributed by atoms with E-state index in [0.29, 0.717) is 12.2 Å². The predicted octanol–water partition coefficient (Wildman–Crippen LogP) is 0.839. The van der Waals surface area contributed by atoms with Crippen molar-refractivity contribution in [1.29, 1.82) is 0 Å². The first-order valence-electron chi connectivity index (χ1n) is 6.91. The van der Waals surface area contributed by atoms with Gasteiger partial charge in [-0.15, -0.1) is 0 Å². The number of carbonyl (C=O) groups is 1. The maximum atomic E-state index is 12.7. The molecule has 20 heavy (non-hydrogen) atoms. The molecule has 0 aromatic carbocycles. The van der Waals surface area contributed by atoms with Gasteiger partial charge < -0.3 is 15.1 Å². The number of halogens is 1. The fourth-order valence-corrected chi connectivity index (χ4v) is 2.11. The van der Waals surface area contributed by atoms with Gasteiger partial charge in [0.25, 0.3) is 0 Å². The zero-order chi connectivity index (χ0) is 14.4. The first-order valence-corrected chi connectivity index (χ1v) is 6.91. The molecule has 2 heterocycles. The van der Waals surface area contributed by atoms with Crippen LogP contribution in [0.3, 0.4) is 0 Å². The largest absolute Gasteiger partial charge is 0.363 e. The molecule has 2 rings (SSSR count). The highest BCUT2D eigenvalue weighted by Crippen LogP contribution is 2.04. The van der Waals surface area contributed by atoms with E-state index in [0.717, 1.165) is 38.9 Å². The van der Waals surface area contributed by atoms with Crippen LogP contribution >= 0.6 is 0 Å². The lowest BCUT2D eigenvalue weighted by Crippen LogP contribution is -2.45. The summed E-state index contributed by atoms with van der Waals surface area (Å²) in [6.07, 6.45) is 1.68. The zero-order valence-corrected chi connectivity index (χ0v) is 11.8. The van der Waals surface area contributed by atoms with Gasteiger partial charge in [-0.1, -0.05) is 0 Å². The number of ketones is 1. The van der Waals surface area contributed by atoms with Crippen molar-refractivity contribution in [3.8, 4) is 0 Å². The van der Waals surface area contributed by atoms with Crippen molar-refractivity contribution < 1.29 is 9.18 Å². The second kappa shape index (κ2) is 7.31. The van der Waals surface area contributed by atoms with Crippen LogP contribution in [0.1, 0.15) is 6.42 Å². The normalized spacial score (nSPS) is 17.1. The summed E-state index contributed by atoms with van der Waals surface area (Å²) in [5.74, 6) is 0.298. The van der Waals surface area contributed by atoms with Gasteiger partial charge in [0.05, 0.1) is 12.7 Å². The van der Waals surface area contributed by atoms with E-state index in [1.165, 1.54) is 12.1 Å². The quantitative estimate of drug-likeness (QED) is 0.837. The zero-order valence-electron chi connectivity index (χ0n) is 11.8. The van der Waals surface area contributed by atoms with E-state index in [2.05, 4.69) is 27.1 Å². The number of hydrogen-bond donors (Lipinski definition) is 1. The van der Waals surface area contributed by atoms with Crippen LogP contribution in [0.5, 0.6) is 0 Å². The topological polar surface area (TPSA) is 48.5 Å². The predicted molar refractivity (Wildman–Crippen MR) is 76.2 cm³/mol. The van der Waals surface area contributed by atoms with E-state index in [9.17, 15) is 9.18 Å². The Morgan fingerprint density at radius 1 is 1.35 bits per heavy atom. The van der Waals surface area contributed by atoms with Crippen molar-refractivity contribution in [2.45, 2.75) is 6.42 Å². The van der Waals surface area contributed by atoms with Crippen molar-refractivity contribution in [3.63, 3.8) is 0 Å². The van der Waals surface area contributed by atoms with Gasteiger partial charge in [0, 0.05) is 39.1 Å². The van der Waals surface area contributed by atoms with Crippen LogP contribution in [-0.4, -0.2) is 66.9 Å². The van der Waals surface area contributed by atoms with Gasteiger partial charge in [0.15, 0.2) is 5.78 Å². The Bertz CT molecular complexity index is 429. The van der Waals surface area contributed by atoms with E-state index >= 15 is 0 Å². The van der Waals surface area contributed by atoms with Gasteiger partial charge in [-0.3, -0.25) is 4.79 Å². The third-order valence-electron chi connectivity index (χ3n) is 3.50. The monoisotopic (exact) mass is 280 g/mol. The number of rotatable bonds is 6. The number of nitrogens with one attached hydrogen (secondary N) is 1. The fraction of sp³-hybridized carbons (Fsp3) is 0.571. The first kappa shape index (κ1) is 14.9. The molecule has 110 valence electrons. The molecule has 1 aromatic rings. The number of aromatic nitrogens is 1. The Hall–Kier alpha value is -1.53. The number of hydrogen-bond acceptors (Lipinski definition) is 5. The second-order valence-electron chi connectivity index (χ2n) is 5.15. The second-order valence-corrected chi connectivity index (χ2v) is 5.15. The van der Waals surface area contributed by atoms with Gasteiger partial charge in [-0.2, -0.15) is 0 Å². The maximum Gasteiger partial charge on any atom is 0.153 e. The molecule has 1 saturated heterocycles. The Labute approximate surface area is 118 Å². The molecule has 5 nitrogen and oxygen atoms in total. The minimum Gasteiger partial charge on any atom is -0.363 e. The molecule has 6 heteroatoms. The van der Waals surface area contributed by atoms with Crippen molar-refractivity contribution in [1.82, 2.24) is 14.8 Å². The highest BCUT2D eigenvalue weighted by molar-refractivity contribution is 5.82. The molecule has 0 radical (unpaired) electrons. The van der Waals surface area contributed by atoms with Crippen LogP contribution in [0.25, 0.3) is 0 Å². The Balaban J connectivity index is 1.64. The minimum atomic E-state index is -0.378. The molecule has 0 unspecified atom stereocenters. The molecule has 1 fully saturated rings. The van der Waals surface area contributed by atoms with Crippen molar-refractivity contribution >= 4 is 11.6 Å². The van der Waals surface area contributed by atoms with Crippen LogP contribution in [0, 0.1) is 5.82 Å². The molecule has 1 aromatic heterocycles. The summed E-state index contributed by atoms with van der Waals surface area (Å²) in [5.41, 5.74) is 0. The van der Waals surface area contributed by atoms with Crippen molar-refractivity contribution in [2.24, 2.45) is 0 Å². The van der Waals surface area contributed by atoms with E-state index in [4.69, 9.17) is 0 Å². The maximum absolute atomic E-state index is 12.7. The van der Waals surface area contributed by atoms with Gasteiger partial charge in [0.1, 0.15) is 11.6 Å². The van der Waals surface area contributed by atoms with E-state index in [1.807, 2.05) is 0 Å². The molecule has 0 saturated carbocycles. The molecule has 0 spiro atoms. The Morgan fingerprint density at radius 3 is 2.75 bits per heavy atom. The van der Waals surface area contributed by atoms with Crippen LogP contribution in [0.15, 0.2) is 18.3 Å². The number of piperazine rings is 1. The number of carbonyl (C=O) groups excluding carboxylic acids is 1. The lowest BCUT2D eigenvalue weighted by molar-refractivity contribution is -0.117. The first-order chi connectivity index (χ1) is 9.63. The summed E-state index contributed by atoms with van der Waals surface area (Å²) < 4.78 is 12.7. The molecule has 1 N–H and O–H groups in total. The summed E-state index contributed by atoms with van der Waals surface area (Å²) in [4.78, 5) is 20.2. The van der Waals surface area contributed by atoms with Crippen molar-refractivity contribution in [2.75, 3.05) is 51.6 Å². The lowest BCUT2D eigenvalue weighted by Gasteiger charge is -2.32. The number of anilines is 1. The van der Waals surface area contributed by atoms with E-state index in [-0.39, 0.29) is 18.1 Å². The molecule has 0 aliphatic carbocycles. The van der Waals surface area contributed by atoms with Gasteiger partial charge >= 0.3 is 0 Å². The van der Waals surface area contributed by atoms with Crippen LogP contribution in [-0.2, 0) is 4.79 Å². The average Bonchev–Trinajstić information content (AvgIpc) is 2.46. The highest BCUT2D eigenvalue weighted by atomic mass is 19.1. The Kier molecular flexibility index (Phi) is 5.43. The standard InChI is InChI=1S/C14H21FN4O/c1-18-6-8-19(9-7-18)5-4-13(20)11-17-14-3-2-12(15)10-16-14/h2-3,10H,4-9,11H2,1H3,(H,16,17). The highest BCUT2D eigenvalue weighted by Gasteiger charge is 2.14. The molecule has 0 bridgehead atoms. The van der Waals surface area contributed by atoms with E-state index < -0.39 is 0 Å². The van der Waals surface area contributed by atoms with Gasteiger partial charge in [-0.05, 0) is 19.2 Å². The fourth-order valence-electron chi connectivity index (χ4n) is 2.11. The third-order valence-corrected chi connectivity index (χ3v) is 3.50. The van der Waals surface area contributed by atoms with Crippen LogP contribution < -0.4 is 5.32 Å². The van der Waals surface area contributed by atoms with E-state index in [1.54, 1.807) is 0 Å². The molecule has 0 atom stereocenters. The third kappa shape index (κ3) is 4.86. The number of nitrogens with zero attached hydrogens (tertiary/aromatic N) is 3. The molecule has 0 amide bonds. The molecule has 1 aliphatic heterocycles. The smallest absolute Gasteiger partial charge is 0.153 e. The number of pyridine rings is 1. The summed E-state index contributed by atoms with van der Waals surface area (Å²) >= 11 is 0. The molecule has 1 aliphatic rings. The lowest BCUT2D eigenvalue weighted by atomic mass is 10.2. The summed E-state index contributed by atoms with van der Waals surface area (Å²) in [6.45, 7) is 5.23. The van der Waals surface area contributed by atoms with Crippen LogP contribution in [0.4, 0.5) is 10.2 Å². The minimum absolute atomic E-state index is 0.148. The Morgan fingerprint density at radius 2 is 2.10 bits per heavy atom. The van der Waals surface area contributed by atoms with Crippen molar-refractivity contribution in [3.05, 3.63) is 24.1 Å². The summed E-state index contributed by atoms with van der Waals surface area (Å²) in [6, 6.07) is 2.85. The number of likely N-dealkylation sites (N-methyl/N-ethyl adjacent to an activating group) is 1. The average molecular weight is 280 g/mol. The summed E-state index contributed by atoms with van der Waals surface area (Å²) in [7, 11) is 2.11. The van der Waals surface area contributed by atoms with Crippen LogP contribution in [0.2, 0.25) is 0 Å². The molecular formula is C14H21FN4O.